The van der Waals surface area contributed by atoms with Crippen LogP contribution in [0.4, 0.5) is 0 Å². The number of hydrogen-bond acceptors (Lipinski definition) is 15. The molecule has 0 spiro atoms. The Balaban J connectivity index is 1.78. The number of allylic oxidation sites excluding steroid dienone is 8. The molecule has 4 unspecified atom stereocenters. The number of aliphatic hydroxyl groups excluding tert-OH is 7. The highest BCUT2D eigenvalue weighted by Crippen LogP contribution is 2.27. The molecule has 2 fully saturated rings. The molecular weight excluding hydrogens is 913 g/mol. The molecule has 15 nitrogen and oxygen atoms in total. The fraction of sp³-hybridized carbons (Fsp3) is 0.821. The van der Waals surface area contributed by atoms with E-state index in [0.717, 1.165) is 57.8 Å². The monoisotopic (exact) mass is 1010 g/mol. The van der Waals surface area contributed by atoms with E-state index in [1.54, 1.807) is 0 Å². The number of carbonyl (C=O) groups is 2. The van der Waals surface area contributed by atoms with Crippen LogP contribution in [0.15, 0.2) is 48.6 Å². The molecule has 0 aromatic heterocycles. The quantitative estimate of drug-likeness (QED) is 0.0172. The van der Waals surface area contributed by atoms with Crippen molar-refractivity contribution in [1.29, 1.82) is 0 Å². The predicted molar refractivity (Wildman–Crippen MR) is 275 cm³/mol. The van der Waals surface area contributed by atoms with Gasteiger partial charge in [0.2, 0.25) is 0 Å². The van der Waals surface area contributed by atoms with Crippen molar-refractivity contribution in [3.8, 4) is 0 Å². The summed E-state index contributed by atoms with van der Waals surface area (Å²) in [6.07, 6.45) is 31.4. The van der Waals surface area contributed by atoms with Crippen LogP contribution in [0.25, 0.3) is 0 Å². The Kier molecular flexibility index (Phi) is 38.9. The van der Waals surface area contributed by atoms with Gasteiger partial charge in [0.25, 0.3) is 0 Å². The highest BCUT2D eigenvalue weighted by molar-refractivity contribution is 5.70. The Morgan fingerprint density at radius 1 is 0.465 bits per heavy atom. The molecule has 0 saturated carbocycles. The van der Waals surface area contributed by atoms with Crippen molar-refractivity contribution in [2.45, 2.75) is 268 Å². The lowest BCUT2D eigenvalue weighted by Gasteiger charge is -2.42. The highest BCUT2D eigenvalue weighted by Gasteiger charge is 2.47. The van der Waals surface area contributed by atoms with Gasteiger partial charge in [0, 0.05) is 12.8 Å². The van der Waals surface area contributed by atoms with Gasteiger partial charge in [-0.1, -0.05) is 184 Å². The van der Waals surface area contributed by atoms with Crippen molar-refractivity contribution >= 4 is 11.9 Å². The summed E-state index contributed by atoms with van der Waals surface area (Å²) < 4.78 is 33.6. The lowest BCUT2D eigenvalue weighted by Crippen LogP contribution is -2.61. The predicted octanol–water partition coefficient (Wildman–Crippen LogP) is 8.66. The van der Waals surface area contributed by atoms with E-state index in [1.807, 2.05) is 0 Å². The second-order valence-corrected chi connectivity index (χ2v) is 19.4. The van der Waals surface area contributed by atoms with E-state index in [4.69, 9.17) is 28.4 Å². The molecule has 0 amide bonds. The first-order chi connectivity index (χ1) is 34.5. The van der Waals surface area contributed by atoms with Gasteiger partial charge in [-0.2, -0.15) is 0 Å². The molecule has 0 aromatic carbocycles. The Bertz CT molecular complexity index is 1420. The number of hydrogen-bond donors (Lipinski definition) is 7. The van der Waals surface area contributed by atoms with E-state index in [-0.39, 0.29) is 19.4 Å². The zero-order valence-electron chi connectivity index (χ0n) is 43.7. The Hall–Kier alpha value is -2.54. The van der Waals surface area contributed by atoms with E-state index in [2.05, 4.69) is 62.5 Å². The van der Waals surface area contributed by atoms with E-state index in [1.165, 1.54) is 103 Å². The van der Waals surface area contributed by atoms with Crippen LogP contribution >= 0.6 is 0 Å². The lowest BCUT2D eigenvalue weighted by atomic mass is 9.98. The molecule has 2 rings (SSSR count). The first-order valence-corrected chi connectivity index (χ1v) is 27.7. The number of carbonyl (C=O) groups excluding carboxylic acids is 2. The molecule has 0 radical (unpaired) electrons. The van der Waals surface area contributed by atoms with Gasteiger partial charge < -0.3 is 64.2 Å². The third-order valence-corrected chi connectivity index (χ3v) is 13.1. The van der Waals surface area contributed by atoms with Crippen molar-refractivity contribution in [1.82, 2.24) is 0 Å². The Morgan fingerprint density at radius 2 is 0.887 bits per heavy atom. The molecule has 71 heavy (non-hydrogen) atoms. The largest absolute Gasteiger partial charge is 0.462 e. The van der Waals surface area contributed by atoms with Gasteiger partial charge in [-0.3, -0.25) is 9.59 Å². The van der Waals surface area contributed by atoms with Gasteiger partial charge in [0.1, 0.15) is 55.4 Å². The molecule has 2 aliphatic rings. The average molecular weight is 1010 g/mol. The second kappa shape index (κ2) is 42.8. The average Bonchev–Trinajstić information content (AvgIpc) is 3.36. The second-order valence-electron chi connectivity index (χ2n) is 19.4. The van der Waals surface area contributed by atoms with Crippen LogP contribution in [0.1, 0.15) is 200 Å². The summed E-state index contributed by atoms with van der Waals surface area (Å²) in [5.41, 5.74) is 0. The van der Waals surface area contributed by atoms with Crippen LogP contribution in [0.2, 0.25) is 0 Å². The SMILES string of the molecule is CC/C=C/C/C=C/C/C=C/C/C=C/CCCCC(=O)OC[C@H](CO[C@H]1O[C@@H](CO[C@H]2O[C@@H](CO)[C@@H](O)C(O)C2O)[C@@H](O)C(O)C1O)OC(=O)CCCCCCCCCCCCCCCCCCCCCC. The minimum Gasteiger partial charge on any atom is -0.462 e. The van der Waals surface area contributed by atoms with Crippen LogP contribution in [0, 0.1) is 0 Å². The highest BCUT2D eigenvalue weighted by atomic mass is 16.7. The maximum atomic E-state index is 13.0. The fourth-order valence-electron chi connectivity index (χ4n) is 8.56. The van der Waals surface area contributed by atoms with E-state index in [9.17, 15) is 45.3 Å². The van der Waals surface area contributed by atoms with Gasteiger partial charge in [0.15, 0.2) is 18.7 Å². The summed E-state index contributed by atoms with van der Waals surface area (Å²) in [5, 5.41) is 72.2. The van der Waals surface area contributed by atoms with Crippen molar-refractivity contribution in [3.05, 3.63) is 48.6 Å². The summed E-state index contributed by atoms with van der Waals surface area (Å²) in [5.74, 6) is -0.968. The minimum atomic E-state index is -1.77. The van der Waals surface area contributed by atoms with Crippen LogP contribution in [-0.2, 0) is 38.0 Å². The number of aliphatic hydroxyl groups is 7. The Morgan fingerprint density at radius 3 is 1.39 bits per heavy atom. The molecule has 0 bridgehead atoms. The van der Waals surface area contributed by atoms with Crippen molar-refractivity contribution < 1.29 is 73.8 Å². The van der Waals surface area contributed by atoms with Crippen LogP contribution < -0.4 is 0 Å². The van der Waals surface area contributed by atoms with Crippen molar-refractivity contribution in [2.75, 3.05) is 26.4 Å². The summed E-state index contributed by atoms with van der Waals surface area (Å²) in [6.45, 7) is 2.45. The third kappa shape index (κ3) is 30.4. The molecule has 0 aromatic rings. The molecule has 2 saturated heterocycles. The first kappa shape index (κ1) is 64.6. The molecule has 2 aliphatic heterocycles. The van der Waals surface area contributed by atoms with Crippen molar-refractivity contribution in [3.63, 3.8) is 0 Å². The number of ether oxygens (including phenoxy) is 6. The van der Waals surface area contributed by atoms with Crippen molar-refractivity contribution in [2.24, 2.45) is 0 Å². The molecule has 11 atom stereocenters. The van der Waals surface area contributed by atoms with Gasteiger partial charge in [0.05, 0.1) is 19.8 Å². The number of esters is 2. The van der Waals surface area contributed by atoms with Gasteiger partial charge in [-0.25, -0.2) is 0 Å². The smallest absolute Gasteiger partial charge is 0.306 e. The summed E-state index contributed by atoms with van der Waals surface area (Å²) in [6, 6.07) is 0. The van der Waals surface area contributed by atoms with Crippen LogP contribution in [-0.4, -0.2) is 142 Å². The van der Waals surface area contributed by atoms with Crippen LogP contribution in [0.5, 0.6) is 0 Å². The van der Waals surface area contributed by atoms with Gasteiger partial charge in [-0.15, -0.1) is 0 Å². The molecule has 7 N–H and O–H groups in total. The third-order valence-electron chi connectivity index (χ3n) is 13.1. The normalized spacial score (nSPS) is 25.5. The molecule has 0 aliphatic carbocycles. The zero-order chi connectivity index (χ0) is 51.7. The molecule has 412 valence electrons. The molecule has 2 heterocycles. The number of unbranched alkanes of at least 4 members (excludes halogenated alkanes) is 21. The van der Waals surface area contributed by atoms with Crippen LogP contribution in [0.3, 0.4) is 0 Å². The molecule has 15 heteroatoms. The standard InChI is InChI=1S/C56H98O15/c1-3-5-7-9-11-13-15-17-19-20-21-22-23-25-27-29-31-33-35-37-39-48(59)69-44(41-66-47(58)38-36-34-32-30-28-26-24-18-16-14-12-10-8-6-4-2)42-67-55-54(65)52(63)50(61)46(71-55)43-68-56-53(64)51(62)49(60)45(40-57)70-56/h6,8,12,14,18,24,28,30,44-46,49-57,60-65H,3-5,7,9-11,13,15-17,19-23,25-27,29,31-43H2,1-2H3/b8-6+,14-12+,24-18+,30-28+/t44-,45+,46+,49-,50-,51?,52?,53?,54?,55+,56+/m1/s1. The number of rotatable bonds is 43. The first-order valence-electron chi connectivity index (χ1n) is 27.7. The lowest BCUT2D eigenvalue weighted by molar-refractivity contribution is -0.332. The summed E-state index contributed by atoms with van der Waals surface area (Å²) in [7, 11) is 0. The topological polar surface area (TPSA) is 231 Å². The fourth-order valence-corrected chi connectivity index (χ4v) is 8.56. The van der Waals surface area contributed by atoms with Gasteiger partial charge in [-0.05, 0) is 51.4 Å². The van der Waals surface area contributed by atoms with E-state index < -0.39 is 99.3 Å². The maximum Gasteiger partial charge on any atom is 0.306 e. The minimum absolute atomic E-state index is 0.158. The zero-order valence-corrected chi connectivity index (χ0v) is 43.7. The maximum absolute atomic E-state index is 13.0. The molecular formula is C56H98O15. The van der Waals surface area contributed by atoms with E-state index >= 15 is 0 Å². The summed E-state index contributed by atoms with van der Waals surface area (Å²) >= 11 is 0. The van der Waals surface area contributed by atoms with Gasteiger partial charge >= 0.3 is 11.9 Å². The summed E-state index contributed by atoms with van der Waals surface area (Å²) in [4.78, 5) is 25.8. The Labute approximate surface area is 427 Å². The van der Waals surface area contributed by atoms with E-state index in [0.29, 0.717) is 12.8 Å².